The van der Waals surface area contributed by atoms with Crippen LogP contribution in [0.25, 0.3) is 0 Å². The van der Waals surface area contributed by atoms with E-state index in [9.17, 15) is 26.4 Å². The molecule has 0 aromatic heterocycles. The molecule has 1 aromatic carbocycles. The molecule has 2 fully saturated rings. The van der Waals surface area contributed by atoms with Gasteiger partial charge in [-0.1, -0.05) is 11.6 Å². The summed E-state index contributed by atoms with van der Waals surface area (Å²) in [4.78, 5) is 12.4. The van der Waals surface area contributed by atoms with E-state index in [2.05, 4.69) is 10.1 Å². The highest BCUT2D eigenvalue weighted by molar-refractivity contribution is 7.92. The molecule has 1 amide bonds. The Bertz CT molecular complexity index is 1000. The molecule has 0 spiro atoms. The van der Waals surface area contributed by atoms with Gasteiger partial charge in [-0.3, -0.25) is 4.79 Å². The number of nitriles is 1. The Balaban J connectivity index is 1.75. The average molecular weight is 481 g/mol. The van der Waals surface area contributed by atoms with Gasteiger partial charge >= 0.3 is 6.18 Å². The molecule has 0 heterocycles. The molecule has 12 heteroatoms. The Kier molecular flexibility index (Phi) is 6.47. The largest absolute Gasteiger partial charge is 0.484 e. The SMILES string of the molecule is CO[C@@H]1C[C@H](S(=O)(=O)c2ccc(OCC(F)(F)F)cc2Cl)C[C@H]1C(=O)NC1(C#N)CC1. The van der Waals surface area contributed by atoms with Gasteiger partial charge in [-0.25, -0.2) is 8.42 Å². The Hall–Kier alpha value is -2.03. The third kappa shape index (κ3) is 5.25. The molecular formula is C19H20ClF3N2O5S. The van der Waals surface area contributed by atoms with Gasteiger partial charge in [-0.2, -0.15) is 18.4 Å². The zero-order chi connectivity index (χ0) is 23.0. The van der Waals surface area contributed by atoms with Crippen LogP contribution in [0.5, 0.6) is 5.75 Å². The van der Waals surface area contributed by atoms with Crippen molar-refractivity contribution in [2.75, 3.05) is 13.7 Å². The standard InChI is InChI=1S/C19H20ClF3N2O5S/c1-29-15-8-12(7-13(15)17(26)25-18(9-24)4-5-18)31(27,28)16-3-2-11(6-14(16)20)30-10-19(21,22)23/h2-3,6,12-13,15H,4-5,7-8,10H2,1H3,(H,25,26)/t12-,13-,15-/m1/s1. The average Bonchev–Trinajstić information content (AvgIpc) is 3.31. The molecule has 3 rings (SSSR count). The molecule has 0 saturated heterocycles. The first-order valence-electron chi connectivity index (χ1n) is 9.40. The minimum absolute atomic E-state index is 0.0309. The van der Waals surface area contributed by atoms with Crippen molar-refractivity contribution >= 4 is 27.3 Å². The fourth-order valence-corrected chi connectivity index (χ4v) is 5.95. The van der Waals surface area contributed by atoms with Crippen LogP contribution in [0.4, 0.5) is 13.2 Å². The number of alkyl halides is 3. The smallest absolute Gasteiger partial charge is 0.422 e. The molecule has 0 bridgehead atoms. The third-order valence-corrected chi connectivity index (χ3v) is 8.13. The first kappa shape index (κ1) is 23.6. The lowest BCUT2D eigenvalue weighted by Crippen LogP contribution is -2.42. The number of hydrogen-bond donors (Lipinski definition) is 1. The second kappa shape index (κ2) is 8.48. The molecule has 1 N–H and O–H groups in total. The number of methoxy groups -OCH3 is 1. The van der Waals surface area contributed by atoms with Crippen molar-refractivity contribution in [1.82, 2.24) is 5.32 Å². The second-order valence-electron chi connectivity index (χ2n) is 7.70. The Morgan fingerprint density at radius 2 is 2.03 bits per heavy atom. The van der Waals surface area contributed by atoms with Gasteiger partial charge in [-0.15, -0.1) is 0 Å². The van der Waals surface area contributed by atoms with Crippen LogP contribution in [0.1, 0.15) is 25.7 Å². The molecule has 7 nitrogen and oxygen atoms in total. The number of hydrogen-bond acceptors (Lipinski definition) is 6. The molecular weight excluding hydrogens is 461 g/mol. The van der Waals surface area contributed by atoms with Gasteiger partial charge in [0.25, 0.3) is 0 Å². The van der Waals surface area contributed by atoms with Gasteiger partial charge in [0.2, 0.25) is 5.91 Å². The van der Waals surface area contributed by atoms with Crippen molar-refractivity contribution in [2.45, 2.75) is 53.6 Å². The number of benzene rings is 1. The number of ether oxygens (including phenoxy) is 2. The summed E-state index contributed by atoms with van der Waals surface area (Å²) in [6, 6.07) is 5.25. The number of sulfone groups is 1. The summed E-state index contributed by atoms with van der Waals surface area (Å²) in [5, 5.41) is 10.6. The number of amides is 1. The van der Waals surface area contributed by atoms with Crippen LogP contribution in [0.3, 0.4) is 0 Å². The quantitative estimate of drug-likeness (QED) is 0.643. The van der Waals surface area contributed by atoms with Crippen molar-refractivity contribution in [3.63, 3.8) is 0 Å². The predicted molar refractivity (Wildman–Crippen MR) is 103 cm³/mol. The lowest BCUT2D eigenvalue weighted by molar-refractivity contribution is -0.153. The maximum absolute atomic E-state index is 13.1. The highest BCUT2D eigenvalue weighted by Gasteiger charge is 2.50. The van der Waals surface area contributed by atoms with E-state index in [0.29, 0.717) is 12.8 Å². The van der Waals surface area contributed by atoms with Crippen LogP contribution in [0.2, 0.25) is 5.02 Å². The van der Waals surface area contributed by atoms with E-state index in [1.165, 1.54) is 7.11 Å². The third-order valence-electron chi connectivity index (χ3n) is 5.48. The van der Waals surface area contributed by atoms with E-state index < -0.39 is 51.3 Å². The topological polar surface area (TPSA) is 105 Å². The van der Waals surface area contributed by atoms with Crippen molar-refractivity contribution in [2.24, 2.45) is 5.92 Å². The number of carbonyl (C=O) groups excluding carboxylic acids is 1. The van der Waals surface area contributed by atoms with Gasteiger partial charge in [0, 0.05) is 13.2 Å². The Morgan fingerprint density at radius 1 is 1.35 bits per heavy atom. The minimum atomic E-state index is -4.55. The number of halogens is 4. The first-order chi connectivity index (χ1) is 14.4. The Morgan fingerprint density at radius 3 is 2.55 bits per heavy atom. The van der Waals surface area contributed by atoms with E-state index in [4.69, 9.17) is 21.6 Å². The van der Waals surface area contributed by atoms with Crippen LogP contribution in [0.15, 0.2) is 23.1 Å². The first-order valence-corrected chi connectivity index (χ1v) is 11.3. The maximum atomic E-state index is 13.1. The maximum Gasteiger partial charge on any atom is 0.422 e. The number of rotatable bonds is 7. The molecule has 0 aliphatic heterocycles. The van der Waals surface area contributed by atoms with Crippen LogP contribution >= 0.6 is 11.6 Å². The molecule has 2 aliphatic rings. The van der Waals surface area contributed by atoms with Crippen LogP contribution in [-0.4, -0.2) is 51.1 Å². The summed E-state index contributed by atoms with van der Waals surface area (Å²) in [6.07, 6.45) is -4.12. The highest BCUT2D eigenvalue weighted by atomic mass is 35.5. The molecule has 31 heavy (non-hydrogen) atoms. The van der Waals surface area contributed by atoms with Crippen LogP contribution in [-0.2, 0) is 19.4 Å². The molecule has 3 atom stereocenters. The summed E-state index contributed by atoms with van der Waals surface area (Å²) in [5.74, 6) is -1.42. The molecule has 1 aromatic rings. The number of nitrogens with one attached hydrogen (secondary N) is 1. The molecule has 2 aliphatic carbocycles. The monoisotopic (exact) mass is 480 g/mol. The zero-order valence-corrected chi connectivity index (χ0v) is 18.0. The number of carbonyl (C=O) groups is 1. The summed E-state index contributed by atoms with van der Waals surface area (Å²) in [6.45, 7) is -1.53. The normalized spacial score (nSPS) is 25.0. The lowest BCUT2D eigenvalue weighted by atomic mass is 10.0. The van der Waals surface area contributed by atoms with E-state index in [-0.39, 0.29) is 28.5 Å². The zero-order valence-electron chi connectivity index (χ0n) is 16.4. The predicted octanol–water partition coefficient (Wildman–Crippen LogP) is 3.02. The minimum Gasteiger partial charge on any atom is -0.484 e. The lowest BCUT2D eigenvalue weighted by Gasteiger charge is -2.19. The fourth-order valence-electron chi connectivity index (χ4n) is 3.61. The summed E-state index contributed by atoms with van der Waals surface area (Å²) >= 11 is 6.04. The molecule has 2 saturated carbocycles. The Labute approximate surface area is 182 Å². The summed E-state index contributed by atoms with van der Waals surface area (Å²) in [7, 11) is -2.64. The van der Waals surface area contributed by atoms with Gasteiger partial charge < -0.3 is 14.8 Å². The molecule has 170 valence electrons. The molecule has 0 radical (unpaired) electrons. The van der Waals surface area contributed by atoms with E-state index in [1.54, 1.807) is 0 Å². The van der Waals surface area contributed by atoms with Crippen molar-refractivity contribution < 1.29 is 35.9 Å². The van der Waals surface area contributed by atoms with E-state index in [1.807, 2.05) is 6.07 Å². The summed E-state index contributed by atoms with van der Waals surface area (Å²) in [5.41, 5.74) is -0.887. The van der Waals surface area contributed by atoms with Crippen LogP contribution < -0.4 is 10.1 Å². The second-order valence-corrected chi connectivity index (χ2v) is 10.3. The van der Waals surface area contributed by atoms with Gasteiger partial charge in [0.1, 0.15) is 11.3 Å². The van der Waals surface area contributed by atoms with E-state index in [0.717, 1.165) is 18.2 Å². The van der Waals surface area contributed by atoms with Crippen molar-refractivity contribution in [1.29, 1.82) is 5.26 Å². The van der Waals surface area contributed by atoms with Crippen molar-refractivity contribution in [3.05, 3.63) is 23.2 Å². The van der Waals surface area contributed by atoms with Gasteiger partial charge in [0.05, 0.1) is 33.3 Å². The summed E-state index contributed by atoms with van der Waals surface area (Å²) < 4.78 is 73.1. The highest BCUT2D eigenvalue weighted by Crippen LogP contribution is 2.40. The van der Waals surface area contributed by atoms with Gasteiger partial charge in [-0.05, 0) is 37.8 Å². The fraction of sp³-hybridized carbons (Fsp3) is 0.579. The van der Waals surface area contributed by atoms with Gasteiger partial charge in [0.15, 0.2) is 16.4 Å². The number of nitrogens with zero attached hydrogens (tertiary/aromatic N) is 1. The van der Waals surface area contributed by atoms with E-state index >= 15 is 0 Å². The molecule has 0 unspecified atom stereocenters. The van der Waals surface area contributed by atoms with Crippen molar-refractivity contribution in [3.8, 4) is 11.8 Å². The van der Waals surface area contributed by atoms with Crippen LogP contribution in [0, 0.1) is 17.2 Å².